The van der Waals surface area contributed by atoms with Crippen LogP contribution in [0.1, 0.15) is 34.3 Å². The first kappa shape index (κ1) is 19.5. The Morgan fingerprint density at radius 1 is 1.07 bits per heavy atom. The van der Waals surface area contributed by atoms with Crippen LogP contribution in [0.15, 0.2) is 53.4 Å². The lowest BCUT2D eigenvalue weighted by molar-refractivity contribution is 0.0697. The molecule has 1 aliphatic heterocycles. The summed E-state index contributed by atoms with van der Waals surface area (Å²) in [4.78, 5) is 11.2. The summed E-state index contributed by atoms with van der Waals surface area (Å²) < 4.78 is 27.0. The van der Waals surface area contributed by atoms with E-state index in [1.54, 1.807) is 40.7 Å². The van der Waals surface area contributed by atoms with E-state index in [1.165, 1.54) is 0 Å². The van der Waals surface area contributed by atoms with Crippen LogP contribution in [0.2, 0.25) is 0 Å². The van der Waals surface area contributed by atoms with Crippen LogP contribution >= 0.6 is 0 Å². The van der Waals surface area contributed by atoms with Gasteiger partial charge in [0.15, 0.2) is 0 Å². The highest BCUT2D eigenvalue weighted by Crippen LogP contribution is 2.21. The normalized spacial score (nSPS) is 16.3. The second-order valence-electron chi connectivity index (χ2n) is 6.87. The largest absolute Gasteiger partial charge is 0.478 e. The van der Waals surface area contributed by atoms with Gasteiger partial charge in [0.2, 0.25) is 10.0 Å². The summed E-state index contributed by atoms with van der Waals surface area (Å²) in [6, 6.07) is 14.0. The third kappa shape index (κ3) is 4.74. The van der Waals surface area contributed by atoms with Gasteiger partial charge in [-0.1, -0.05) is 29.8 Å². The predicted octanol–water partition coefficient (Wildman–Crippen LogP) is 2.64. The molecule has 0 amide bonds. The third-order valence-corrected chi connectivity index (χ3v) is 6.82. The number of hydrogen-bond acceptors (Lipinski definition) is 4. The fourth-order valence-corrected chi connectivity index (χ4v) is 4.66. The number of nitrogens with zero attached hydrogens (tertiary/aromatic N) is 1. The predicted molar refractivity (Wildman–Crippen MR) is 103 cm³/mol. The summed E-state index contributed by atoms with van der Waals surface area (Å²) in [6.45, 7) is 3.55. The molecule has 2 aromatic rings. The molecule has 2 N–H and O–H groups in total. The van der Waals surface area contributed by atoms with Crippen LogP contribution < -0.4 is 5.32 Å². The first-order valence-corrected chi connectivity index (χ1v) is 10.4. The number of carboxylic acids is 1. The number of aromatic carboxylic acids is 1. The summed E-state index contributed by atoms with van der Waals surface area (Å²) in [5.41, 5.74) is 2.32. The van der Waals surface area contributed by atoms with Crippen LogP contribution in [-0.4, -0.2) is 42.9 Å². The Bertz CT molecular complexity index is 885. The summed E-state index contributed by atoms with van der Waals surface area (Å²) in [7, 11) is -3.43. The second-order valence-corrected chi connectivity index (χ2v) is 8.81. The zero-order valence-electron chi connectivity index (χ0n) is 15.3. The van der Waals surface area contributed by atoms with Crippen molar-refractivity contribution in [1.29, 1.82) is 0 Å². The lowest BCUT2D eigenvalue weighted by Gasteiger charge is -2.31. The zero-order chi connectivity index (χ0) is 19.4. The Morgan fingerprint density at radius 3 is 2.22 bits per heavy atom. The van der Waals surface area contributed by atoms with Crippen molar-refractivity contribution in [3.05, 3.63) is 65.2 Å². The van der Waals surface area contributed by atoms with Crippen molar-refractivity contribution in [2.45, 2.75) is 37.2 Å². The van der Waals surface area contributed by atoms with Gasteiger partial charge in [0.05, 0.1) is 10.5 Å². The van der Waals surface area contributed by atoms with E-state index >= 15 is 0 Å². The molecule has 0 aliphatic carbocycles. The van der Waals surface area contributed by atoms with Crippen molar-refractivity contribution in [2.24, 2.45) is 0 Å². The van der Waals surface area contributed by atoms with Gasteiger partial charge in [0.1, 0.15) is 0 Å². The van der Waals surface area contributed by atoms with Crippen molar-refractivity contribution in [2.75, 3.05) is 13.1 Å². The van der Waals surface area contributed by atoms with E-state index in [9.17, 15) is 13.2 Å². The fourth-order valence-electron chi connectivity index (χ4n) is 3.19. The number of hydrogen-bond donors (Lipinski definition) is 2. The van der Waals surface area contributed by atoms with Gasteiger partial charge in [0, 0.05) is 25.7 Å². The number of piperidine rings is 1. The second kappa shape index (κ2) is 8.21. The van der Waals surface area contributed by atoms with Crippen LogP contribution in [0, 0.1) is 6.92 Å². The van der Waals surface area contributed by atoms with E-state index in [1.807, 2.05) is 19.1 Å². The molecule has 6 nitrogen and oxygen atoms in total. The highest BCUT2D eigenvalue weighted by atomic mass is 32.2. The zero-order valence-corrected chi connectivity index (χ0v) is 16.1. The van der Waals surface area contributed by atoms with Crippen LogP contribution in [-0.2, 0) is 16.6 Å². The number of rotatable bonds is 6. The van der Waals surface area contributed by atoms with Gasteiger partial charge in [-0.15, -0.1) is 0 Å². The minimum Gasteiger partial charge on any atom is -0.478 e. The van der Waals surface area contributed by atoms with E-state index in [2.05, 4.69) is 5.32 Å². The molecule has 2 aromatic carbocycles. The monoisotopic (exact) mass is 388 g/mol. The third-order valence-electron chi connectivity index (χ3n) is 4.91. The molecule has 1 fully saturated rings. The Morgan fingerprint density at radius 2 is 1.67 bits per heavy atom. The van der Waals surface area contributed by atoms with Crippen molar-refractivity contribution < 1.29 is 18.3 Å². The molecule has 0 spiro atoms. The standard InChI is InChI=1S/C20H24N2O4S/c1-15-2-8-19(9-3-15)27(25,26)22-12-10-18(11-13-22)21-14-16-4-6-17(7-5-16)20(23)24/h2-9,18,21H,10-14H2,1H3,(H,23,24). The summed E-state index contributed by atoms with van der Waals surface area (Å²) in [5.74, 6) is -0.934. The number of benzene rings is 2. The van der Waals surface area contributed by atoms with Crippen LogP contribution in [0.3, 0.4) is 0 Å². The molecule has 1 saturated heterocycles. The van der Waals surface area contributed by atoms with Crippen LogP contribution in [0.25, 0.3) is 0 Å². The van der Waals surface area contributed by atoms with Gasteiger partial charge < -0.3 is 10.4 Å². The highest BCUT2D eigenvalue weighted by molar-refractivity contribution is 7.89. The van der Waals surface area contributed by atoms with Gasteiger partial charge in [-0.3, -0.25) is 0 Å². The van der Waals surface area contributed by atoms with E-state index in [-0.39, 0.29) is 11.6 Å². The molecule has 0 unspecified atom stereocenters. The molecule has 0 saturated carbocycles. The highest BCUT2D eigenvalue weighted by Gasteiger charge is 2.29. The fraction of sp³-hybridized carbons (Fsp3) is 0.350. The average molecular weight is 388 g/mol. The van der Waals surface area contributed by atoms with Crippen LogP contribution in [0.5, 0.6) is 0 Å². The summed E-state index contributed by atoms with van der Waals surface area (Å²) >= 11 is 0. The summed E-state index contributed by atoms with van der Waals surface area (Å²) in [6.07, 6.45) is 1.50. The molecule has 27 heavy (non-hydrogen) atoms. The number of aryl methyl sites for hydroxylation is 1. The van der Waals surface area contributed by atoms with Gasteiger partial charge in [-0.25, -0.2) is 13.2 Å². The molecular weight excluding hydrogens is 364 g/mol. The molecule has 1 heterocycles. The van der Waals surface area contributed by atoms with E-state index in [0.29, 0.717) is 24.5 Å². The minimum absolute atomic E-state index is 0.244. The number of sulfonamides is 1. The maximum Gasteiger partial charge on any atom is 0.335 e. The molecule has 0 aromatic heterocycles. The molecular formula is C20H24N2O4S. The average Bonchev–Trinajstić information content (AvgIpc) is 2.67. The van der Waals surface area contributed by atoms with Crippen molar-refractivity contribution in [1.82, 2.24) is 9.62 Å². The Hall–Kier alpha value is -2.22. The Balaban J connectivity index is 1.52. The maximum atomic E-state index is 12.7. The molecule has 144 valence electrons. The van der Waals surface area contributed by atoms with Gasteiger partial charge in [0.25, 0.3) is 0 Å². The maximum absolute atomic E-state index is 12.7. The topological polar surface area (TPSA) is 86.7 Å². The van der Waals surface area contributed by atoms with E-state index < -0.39 is 16.0 Å². The van der Waals surface area contributed by atoms with E-state index in [4.69, 9.17) is 5.11 Å². The van der Waals surface area contributed by atoms with Crippen molar-refractivity contribution in [3.63, 3.8) is 0 Å². The van der Waals surface area contributed by atoms with Gasteiger partial charge in [-0.2, -0.15) is 4.31 Å². The lowest BCUT2D eigenvalue weighted by atomic mass is 10.1. The minimum atomic E-state index is -3.43. The number of carboxylic acid groups (broad SMARTS) is 1. The molecule has 0 radical (unpaired) electrons. The SMILES string of the molecule is Cc1ccc(S(=O)(=O)N2CCC(NCc3ccc(C(=O)O)cc3)CC2)cc1. The first-order valence-electron chi connectivity index (χ1n) is 8.99. The van der Waals surface area contributed by atoms with Gasteiger partial charge >= 0.3 is 5.97 Å². The molecule has 3 rings (SSSR count). The molecule has 0 bridgehead atoms. The molecule has 0 atom stereocenters. The van der Waals surface area contributed by atoms with Crippen molar-refractivity contribution >= 4 is 16.0 Å². The Kier molecular flexibility index (Phi) is 5.94. The smallest absolute Gasteiger partial charge is 0.335 e. The molecule has 1 aliphatic rings. The van der Waals surface area contributed by atoms with Gasteiger partial charge in [-0.05, 0) is 49.6 Å². The molecule has 7 heteroatoms. The van der Waals surface area contributed by atoms with E-state index in [0.717, 1.165) is 24.0 Å². The number of carbonyl (C=O) groups is 1. The van der Waals surface area contributed by atoms with Crippen LogP contribution in [0.4, 0.5) is 0 Å². The number of nitrogens with one attached hydrogen (secondary N) is 1. The lowest BCUT2D eigenvalue weighted by Crippen LogP contribution is -2.44. The quantitative estimate of drug-likeness (QED) is 0.794. The Labute approximate surface area is 159 Å². The van der Waals surface area contributed by atoms with Crippen molar-refractivity contribution in [3.8, 4) is 0 Å². The first-order chi connectivity index (χ1) is 12.9. The summed E-state index contributed by atoms with van der Waals surface area (Å²) in [5, 5.41) is 12.4.